The lowest BCUT2D eigenvalue weighted by Crippen LogP contribution is -2.07. The van der Waals surface area contributed by atoms with Crippen molar-refractivity contribution in [2.45, 2.75) is 37.1 Å². The molecule has 1 aliphatic rings. The number of sulfone groups is 1. The lowest BCUT2D eigenvalue weighted by molar-refractivity contribution is 0.461. The highest BCUT2D eigenvalue weighted by Crippen LogP contribution is 2.29. The highest BCUT2D eigenvalue weighted by atomic mass is 32.2. The van der Waals surface area contributed by atoms with Crippen LogP contribution in [0.4, 0.5) is 0 Å². The Hall–Kier alpha value is -1.14. The third kappa shape index (κ3) is 2.42. The summed E-state index contributed by atoms with van der Waals surface area (Å²) in [5.74, 6) is 0.655. The van der Waals surface area contributed by atoms with Crippen LogP contribution < -0.4 is 0 Å². The van der Waals surface area contributed by atoms with Gasteiger partial charge in [0, 0.05) is 12.8 Å². The maximum atomic E-state index is 11.8. The van der Waals surface area contributed by atoms with E-state index in [1.165, 1.54) is 31.9 Å². The predicted molar refractivity (Wildman–Crippen MR) is 82.2 cm³/mol. The maximum Gasteiger partial charge on any atom is 0.178 e. The summed E-state index contributed by atoms with van der Waals surface area (Å²) in [4.78, 5) is 3.40. The van der Waals surface area contributed by atoms with Crippen molar-refractivity contribution in [1.29, 1.82) is 0 Å². The molecule has 108 valence electrons. The number of aromatic amines is 1. The van der Waals surface area contributed by atoms with Crippen LogP contribution in [0.1, 0.15) is 25.7 Å². The zero-order valence-corrected chi connectivity index (χ0v) is 13.1. The first kappa shape index (κ1) is 13.8. The molecule has 0 amide bonds. The lowest BCUT2D eigenvalue weighted by Gasteiger charge is -2.11. The Labute approximate surface area is 123 Å². The monoisotopic (exact) mass is 310 g/mol. The Morgan fingerprint density at radius 1 is 1.35 bits per heavy atom. The largest absolute Gasteiger partial charge is 0.329 e. The van der Waals surface area contributed by atoms with Gasteiger partial charge in [-0.3, -0.25) is 0 Å². The smallest absolute Gasteiger partial charge is 0.178 e. The molecule has 1 heterocycles. The topological polar surface area (TPSA) is 54.9 Å². The zero-order chi connectivity index (χ0) is 14.3. The highest BCUT2D eigenvalue weighted by Gasteiger charge is 2.19. The standard InChI is InChI=1S/C14H18N2O2S2/c1-20(17,18)12-8-4-7-11-13(12)15-14(19)16(11)9-10-5-2-3-6-10/h4,7-8,10H,2-3,5-6,9H2,1H3,(H,15,19). The van der Waals surface area contributed by atoms with Gasteiger partial charge in [-0.25, -0.2) is 8.42 Å². The van der Waals surface area contributed by atoms with Gasteiger partial charge >= 0.3 is 0 Å². The molecule has 1 aromatic heterocycles. The predicted octanol–water partition coefficient (Wildman–Crippen LogP) is 3.29. The fourth-order valence-corrected chi connectivity index (χ4v) is 4.22. The van der Waals surface area contributed by atoms with Gasteiger partial charge in [0.1, 0.15) is 0 Å². The third-order valence-corrected chi connectivity index (χ3v) is 5.55. The molecule has 20 heavy (non-hydrogen) atoms. The molecule has 0 radical (unpaired) electrons. The second kappa shape index (κ2) is 5.00. The zero-order valence-electron chi connectivity index (χ0n) is 11.4. The van der Waals surface area contributed by atoms with Gasteiger partial charge in [-0.15, -0.1) is 0 Å². The maximum absolute atomic E-state index is 11.8. The first-order valence-electron chi connectivity index (χ1n) is 6.88. The average Bonchev–Trinajstić information content (AvgIpc) is 2.97. The van der Waals surface area contributed by atoms with Crippen molar-refractivity contribution in [1.82, 2.24) is 9.55 Å². The molecule has 0 atom stereocenters. The van der Waals surface area contributed by atoms with E-state index < -0.39 is 9.84 Å². The molecule has 3 rings (SSSR count). The van der Waals surface area contributed by atoms with Gasteiger partial charge in [0.25, 0.3) is 0 Å². The van der Waals surface area contributed by atoms with Crippen LogP contribution in [0.15, 0.2) is 23.1 Å². The Kier molecular flexibility index (Phi) is 3.46. The van der Waals surface area contributed by atoms with E-state index in [1.807, 2.05) is 6.07 Å². The van der Waals surface area contributed by atoms with Crippen LogP contribution in [0.25, 0.3) is 11.0 Å². The SMILES string of the molecule is CS(=O)(=O)c1cccc2c1[nH]c(=S)n2CC1CCCC1. The van der Waals surface area contributed by atoms with Crippen molar-refractivity contribution in [3.63, 3.8) is 0 Å². The summed E-state index contributed by atoms with van der Waals surface area (Å²) in [7, 11) is -3.25. The first-order chi connectivity index (χ1) is 9.47. The van der Waals surface area contributed by atoms with Gasteiger partial charge in [-0.2, -0.15) is 0 Å². The number of imidazole rings is 1. The van der Waals surface area contributed by atoms with Crippen LogP contribution in [-0.4, -0.2) is 24.2 Å². The lowest BCUT2D eigenvalue weighted by atomic mass is 10.1. The van der Waals surface area contributed by atoms with Gasteiger partial charge in [-0.05, 0) is 43.1 Å². The molecular formula is C14H18N2O2S2. The second-order valence-electron chi connectivity index (χ2n) is 5.61. The van der Waals surface area contributed by atoms with Crippen LogP contribution in [0, 0.1) is 10.7 Å². The van der Waals surface area contributed by atoms with Gasteiger partial charge in [0.05, 0.1) is 15.9 Å². The van der Waals surface area contributed by atoms with Crippen LogP contribution in [0.5, 0.6) is 0 Å². The van der Waals surface area contributed by atoms with Crippen LogP contribution >= 0.6 is 12.2 Å². The third-order valence-electron chi connectivity index (χ3n) is 4.09. The number of rotatable bonds is 3. The fourth-order valence-electron chi connectivity index (χ4n) is 3.10. The van der Waals surface area contributed by atoms with Gasteiger partial charge < -0.3 is 9.55 Å². The molecule has 4 nitrogen and oxygen atoms in total. The number of para-hydroxylation sites is 1. The normalized spacial score (nSPS) is 17.1. The molecule has 0 unspecified atom stereocenters. The number of H-pyrrole nitrogens is 1. The molecule has 1 aliphatic carbocycles. The Morgan fingerprint density at radius 2 is 2.05 bits per heavy atom. The van der Waals surface area contributed by atoms with Crippen molar-refractivity contribution in [3.8, 4) is 0 Å². The molecule has 0 saturated heterocycles. The average molecular weight is 310 g/mol. The van der Waals surface area contributed by atoms with Gasteiger partial charge in [0.2, 0.25) is 0 Å². The van der Waals surface area contributed by atoms with Crippen molar-refractivity contribution in [3.05, 3.63) is 23.0 Å². The molecule has 1 N–H and O–H groups in total. The van der Waals surface area contributed by atoms with Crippen LogP contribution in [0.3, 0.4) is 0 Å². The highest BCUT2D eigenvalue weighted by molar-refractivity contribution is 7.91. The van der Waals surface area contributed by atoms with E-state index >= 15 is 0 Å². The van der Waals surface area contributed by atoms with Gasteiger partial charge in [0.15, 0.2) is 14.6 Å². The number of hydrogen-bond acceptors (Lipinski definition) is 3. The van der Waals surface area contributed by atoms with E-state index in [-0.39, 0.29) is 0 Å². The van der Waals surface area contributed by atoms with E-state index in [4.69, 9.17) is 12.2 Å². The summed E-state index contributed by atoms with van der Waals surface area (Å²) >= 11 is 5.38. The van der Waals surface area contributed by atoms with Crippen molar-refractivity contribution >= 4 is 33.1 Å². The molecule has 1 saturated carbocycles. The number of aromatic nitrogens is 2. The molecule has 0 bridgehead atoms. The van der Waals surface area contributed by atoms with Gasteiger partial charge in [-0.1, -0.05) is 18.9 Å². The van der Waals surface area contributed by atoms with E-state index in [1.54, 1.807) is 12.1 Å². The molecule has 6 heteroatoms. The minimum Gasteiger partial charge on any atom is -0.329 e. The number of hydrogen-bond donors (Lipinski definition) is 1. The molecular weight excluding hydrogens is 292 g/mol. The molecule has 0 aliphatic heterocycles. The minimum absolute atomic E-state index is 0.325. The fraction of sp³-hybridized carbons (Fsp3) is 0.500. The quantitative estimate of drug-likeness (QED) is 0.885. The Balaban J connectivity index is 2.14. The summed E-state index contributed by atoms with van der Waals surface area (Å²) in [5, 5.41) is 0. The van der Waals surface area contributed by atoms with E-state index in [0.717, 1.165) is 12.1 Å². The second-order valence-corrected chi connectivity index (χ2v) is 7.98. The number of nitrogens with one attached hydrogen (secondary N) is 1. The molecule has 1 aromatic carbocycles. The Bertz CT molecular complexity index is 796. The number of nitrogens with zero attached hydrogens (tertiary/aromatic N) is 1. The van der Waals surface area contributed by atoms with E-state index in [9.17, 15) is 8.42 Å². The first-order valence-corrected chi connectivity index (χ1v) is 9.18. The minimum atomic E-state index is -3.25. The molecule has 2 aromatic rings. The number of benzene rings is 1. The van der Waals surface area contributed by atoms with Crippen LogP contribution in [-0.2, 0) is 16.4 Å². The van der Waals surface area contributed by atoms with Crippen molar-refractivity contribution in [2.24, 2.45) is 5.92 Å². The summed E-state index contributed by atoms with van der Waals surface area (Å²) in [6, 6.07) is 5.35. The van der Waals surface area contributed by atoms with Crippen molar-refractivity contribution in [2.75, 3.05) is 6.26 Å². The molecule has 0 spiro atoms. The Morgan fingerprint density at radius 3 is 2.70 bits per heavy atom. The summed E-state index contributed by atoms with van der Waals surface area (Å²) in [5.41, 5.74) is 1.53. The summed E-state index contributed by atoms with van der Waals surface area (Å²) in [6.45, 7) is 0.881. The van der Waals surface area contributed by atoms with E-state index in [0.29, 0.717) is 21.1 Å². The van der Waals surface area contributed by atoms with Crippen LogP contribution in [0.2, 0.25) is 0 Å². The van der Waals surface area contributed by atoms with E-state index in [2.05, 4.69) is 9.55 Å². The summed E-state index contributed by atoms with van der Waals surface area (Å²) < 4.78 is 26.4. The van der Waals surface area contributed by atoms with Crippen molar-refractivity contribution < 1.29 is 8.42 Å². The number of fused-ring (bicyclic) bond motifs is 1. The molecule has 1 fully saturated rings. The summed E-state index contributed by atoms with van der Waals surface area (Å²) in [6.07, 6.45) is 6.28.